The predicted octanol–water partition coefficient (Wildman–Crippen LogP) is 5.95. The van der Waals surface area contributed by atoms with Crippen LogP contribution in [-0.4, -0.2) is 15.9 Å². The molecular formula is C25H16FN3O2. The minimum absolute atomic E-state index is 0.321. The third-order valence-corrected chi connectivity index (χ3v) is 4.93. The number of hydrogen-bond donors (Lipinski definition) is 1. The number of rotatable bonds is 4. The Morgan fingerprint density at radius 3 is 2.13 bits per heavy atom. The first kappa shape index (κ1) is 18.7. The Labute approximate surface area is 177 Å². The van der Waals surface area contributed by atoms with E-state index in [1.807, 2.05) is 60.7 Å². The summed E-state index contributed by atoms with van der Waals surface area (Å²) in [6, 6.07) is 24.8. The van der Waals surface area contributed by atoms with Gasteiger partial charge in [0.1, 0.15) is 23.7 Å². The zero-order valence-electron chi connectivity index (χ0n) is 16.2. The molecule has 0 aliphatic carbocycles. The molecule has 0 unspecified atom stereocenters. The van der Waals surface area contributed by atoms with Crippen molar-refractivity contribution in [2.45, 2.75) is 0 Å². The average Bonchev–Trinajstić information content (AvgIpc) is 3.21. The van der Waals surface area contributed by atoms with Crippen LogP contribution in [0.25, 0.3) is 33.6 Å². The summed E-state index contributed by atoms with van der Waals surface area (Å²) in [5, 5.41) is 3.42. The molecule has 3 aromatic carbocycles. The lowest BCUT2D eigenvalue weighted by Gasteiger charge is -2.08. The molecule has 6 heteroatoms. The SMILES string of the molecule is O=C(Nc1ncnc2oc(-c3ccccc3)c(-c3ccccc3)c12)c1ccc(F)cc1. The first-order chi connectivity index (χ1) is 15.2. The number of amides is 1. The van der Waals surface area contributed by atoms with Crippen molar-refractivity contribution in [1.29, 1.82) is 0 Å². The van der Waals surface area contributed by atoms with E-state index in [1.54, 1.807) is 0 Å². The lowest BCUT2D eigenvalue weighted by atomic mass is 9.99. The second-order valence-electron chi connectivity index (χ2n) is 6.90. The van der Waals surface area contributed by atoms with Crippen molar-refractivity contribution in [3.63, 3.8) is 0 Å². The molecule has 0 saturated heterocycles. The van der Waals surface area contributed by atoms with Crippen LogP contribution >= 0.6 is 0 Å². The van der Waals surface area contributed by atoms with Gasteiger partial charge < -0.3 is 9.73 Å². The molecule has 2 aromatic heterocycles. The summed E-state index contributed by atoms with van der Waals surface area (Å²) >= 11 is 0. The summed E-state index contributed by atoms with van der Waals surface area (Å²) in [5.41, 5.74) is 3.27. The van der Waals surface area contributed by atoms with E-state index in [2.05, 4.69) is 15.3 Å². The van der Waals surface area contributed by atoms with Crippen molar-refractivity contribution in [1.82, 2.24) is 9.97 Å². The van der Waals surface area contributed by atoms with Crippen LogP contribution in [0.15, 0.2) is 95.7 Å². The van der Waals surface area contributed by atoms with Crippen LogP contribution < -0.4 is 5.32 Å². The number of halogens is 1. The molecule has 2 heterocycles. The highest BCUT2D eigenvalue weighted by molar-refractivity contribution is 6.12. The predicted molar refractivity (Wildman–Crippen MR) is 117 cm³/mol. The van der Waals surface area contributed by atoms with Crippen molar-refractivity contribution < 1.29 is 13.6 Å². The number of fused-ring (bicyclic) bond motifs is 1. The maximum Gasteiger partial charge on any atom is 0.256 e. The van der Waals surface area contributed by atoms with Gasteiger partial charge in [0.05, 0.1) is 5.39 Å². The fourth-order valence-corrected chi connectivity index (χ4v) is 3.48. The molecule has 0 bridgehead atoms. The minimum Gasteiger partial charge on any atom is -0.437 e. The fourth-order valence-electron chi connectivity index (χ4n) is 3.48. The lowest BCUT2D eigenvalue weighted by molar-refractivity contribution is 0.102. The Morgan fingerprint density at radius 1 is 0.806 bits per heavy atom. The van der Waals surface area contributed by atoms with Gasteiger partial charge in [-0.15, -0.1) is 0 Å². The number of carbonyl (C=O) groups is 1. The second-order valence-corrected chi connectivity index (χ2v) is 6.90. The van der Waals surface area contributed by atoms with Gasteiger partial charge >= 0.3 is 0 Å². The molecule has 1 N–H and O–H groups in total. The number of carbonyl (C=O) groups excluding carboxylic acids is 1. The van der Waals surface area contributed by atoms with E-state index in [1.165, 1.54) is 30.6 Å². The number of hydrogen-bond acceptors (Lipinski definition) is 4. The topological polar surface area (TPSA) is 68.0 Å². The highest BCUT2D eigenvalue weighted by Gasteiger charge is 2.23. The van der Waals surface area contributed by atoms with E-state index in [9.17, 15) is 9.18 Å². The molecule has 5 rings (SSSR count). The van der Waals surface area contributed by atoms with Crippen LogP contribution in [0.3, 0.4) is 0 Å². The van der Waals surface area contributed by atoms with Gasteiger partial charge in [0.25, 0.3) is 5.91 Å². The largest absolute Gasteiger partial charge is 0.437 e. The minimum atomic E-state index is -0.408. The van der Waals surface area contributed by atoms with Gasteiger partial charge in [-0.25, -0.2) is 14.4 Å². The zero-order valence-corrected chi connectivity index (χ0v) is 16.2. The van der Waals surface area contributed by atoms with Gasteiger partial charge in [0, 0.05) is 16.7 Å². The molecule has 0 aliphatic rings. The Bertz CT molecular complexity index is 1370. The van der Waals surface area contributed by atoms with Crippen molar-refractivity contribution in [3.05, 3.63) is 103 Å². The molecule has 150 valence electrons. The number of furan rings is 1. The van der Waals surface area contributed by atoms with Crippen molar-refractivity contribution in [2.75, 3.05) is 5.32 Å². The van der Waals surface area contributed by atoms with Crippen LogP contribution in [0.4, 0.5) is 10.2 Å². The first-order valence-electron chi connectivity index (χ1n) is 9.66. The third kappa shape index (κ3) is 3.55. The summed E-state index contributed by atoms with van der Waals surface area (Å²) in [5.74, 6) is 0.153. The van der Waals surface area contributed by atoms with Gasteiger partial charge in [-0.2, -0.15) is 0 Å². The molecule has 5 nitrogen and oxygen atoms in total. The smallest absolute Gasteiger partial charge is 0.256 e. The number of aromatic nitrogens is 2. The van der Waals surface area contributed by atoms with Crippen LogP contribution in [0.2, 0.25) is 0 Å². The van der Waals surface area contributed by atoms with Gasteiger partial charge in [0.15, 0.2) is 0 Å². The molecular weight excluding hydrogens is 393 g/mol. The second kappa shape index (κ2) is 7.84. The molecule has 0 aliphatic heterocycles. The van der Waals surface area contributed by atoms with Crippen LogP contribution in [0.1, 0.15) is 10.4 Å². The zero-order chi connectivity index (χ0) is 21.2. The Hall–Kier alpha value is -4.32. The summed E-state index contributed by atoms with van der Waals surface area (Å²) in [6.45, 7) is 0. The normalized spacial score (nSPS) is 10.9. The molecule has 0 saturated carbocycles. The van der Waals surface area contributed by atoms with Crippen molar-refractivity contribution in [3.8, 4) is 22.5 Å². The quantitative estimate of drug-likeness (QED) is 0.398. The van der Waals surface area contributed by atoms with Gasteiger partial charge in [-0.05, 0) is 29.8 Å². The van der Waals surface area contributed by atoms with Crippen LogP contribution in [-0.2, 0) is 0 Å². The van der Waals surface area contributed by atoms with E-state index in [0.29, 0.717) is 28.2 Å². The van der Waals surface area contributed by atoms with Crippen LogP contribution in [0, 0.1) is 5.82 Å². The van der Waals surface area contributed by atoms with E-state index in [-0.39, 0.29) is 0 Å². The summed E-state index contributed by atoms with van der Waals surface area (Å²) in [7, 11) is 0. The van der Waals surface area contributed by atoms with E-state index in [0.717, 1.165) is 16.7 Å². The molecule has 0 fully saturated rings. The monoisotopic (exact) mass is 409 g/mol. The van der Waals surface area contributed by atoms with Gasteiger partial charge in [-0.3, -0.25) is 4.79 Å². The number of nitrogens with zero attached hydrogens (tertiary/aromatic N) is 2. The standard InChI is InChI=1S/C25H16FN3O2/c26-19-13-11-18(12-14-19)24(30)29-23-21-20(16-7-3-1-4-8-16)22(17-9-5-2-6-10-17)31-25(21)28-15-27-23/h1-15H,(H,27,28,29,30). The molecule has 31 heavy (non-hydrogen) atoms. The molecule has 1 amide bonds. The van der Waals surface area contributed by atoms with Crippen LogP contribution in [0.5, 0.6) is 0 Å². The molecule has 0 radical (unpaired) electrons. The molecule has 0 atom stereocenters. The summed E-state index contributed by atoms with van der Waals surface area (Å²) in [6.07, 6.45) is 1.34. The number of nitrogens with one attached hydrogen (secondary N) is 1. The Morgan fingerprint density at radius 2 is 1.45 bits per heavy atom. The lowest BCUT2D eigenvalue weighted by Crippen LogP contribution is -2.13. The van der Waals surface area contributed by atoms with Crippen molar-refractivity contribution in [2.24, 2.45) is 0 Å². The average molecular weight is 409 g/mol. The Balaban J connectivity index is 1.69. The Kier molecular flexibility index (Phi) is 4.72. The molecule has 0 spiro atoms. The number of anilines is 1. The van der Waals surface area contributed by atoms with Gasteiger partial charge in [0.2, 0.25) is 5.71 Å². The maximum atomic E-state index is 13.2. The first-order valence-corrected chi connectivity index (χ1v) is 9.66. The summed E-state index contributed by atoms with van der Waals surface area (Å²) in [4.78, 5) is 21.4. The summed E-state index contributed by atoms with van der Waals surface area (Å²) < 4.78 is 19.4. The number of benzene rings is 3. The third-order valence-electron chi connectivity index (χ3n) is 4.93. The maximum absolute atomic E-state index is 13.2. The highest BCUT2D eigenvalue weighted by atomic mass is 19.1. The van der Waals surface area contributed by atoms with Crippen molar-refractivity contribution >= 4 is 22.8 Å². The van der Waals surface area contributed by atoms with Gasteiger partial charge in [-0.1, -0.05) is 60.7 Å². The van der Waals surface area contributed by atoms with E-state index in [4.69, 9.17) is 4.42 Å². The highest BCUT2D eigenvalue weighted by Crippen LogP contribution is 2.42. The van der Waals surface area contributed by atoms with E-state index < -0.39 is 11.7 Å². The fraction of sp³-hybridized carbons (Fsp3) is 0. The molecule has 5 aromatic rings. The van der Waals surface area contributed by atoms with E-state index >= 15 is 0 Å².